The molecular formula is C10H7BrClNO2. The number of nitrogens with zero attached hydrogens (tertiary/aromatic N) is 1. The predicted octanol–water partition coefficient (Wildman–Crippen LogP) is 3.77. The number of halogens is 2. The quantitative estimate of drug-likeness (QED) is 0.844. The third-order valence-corrected chi connectivity index (χ3v) is 2.86. The van der Waals surface area contributed by atoms with Gasteiger partial charge in [-0.05, 0) is 28.1 Å². The van der Waals surface area contributed by atoms with E-state index in [2.05, 4.69) is 20.9 Å². The second-order valence-corrected chi connectivity index (χ2v) is 4.07. The Hall–Kier alpha value is -1.00. The van der Waals surface area contributed by atoms with Crippen LogP contribution in [0.3, 0.4) is 0 Å². The first-order chi connectivity index (χ1) is 7.22. The van der Waals surface area contributed by atoms with Crippen molar-refractivity contribution in [2.75, 3.05) is 7.11 Å². The Bertz CT molecular complexity index is 471. The molecule has 1 heterocycles. The first-order valence-corrected chi connectivity index (χ1v) is 5.32. The van der Waals surface area contributed by atoms with Crippen molar-refractivity contribution in [1.29, 1.82) is 0 Å². The van der Waals surface area contributed by atoms with Crippen molar-refractivity contribution in [3.8, 4) is 17.2 Å². The molecule has 0 aliphatic heterocycles. The van der Waals surface area contributed by atoms with E-state index in [-0.39, 0.29) is 0 Å². The summed E-state index contributed by atoms with van der Waals surface area (Å²) in [6.45, 7) is 0. The minimum Gasteiger partial charge on any atom is -0.495 e. The highest BCUT2D eigenvalue weighted by molar-refractivity contribution is 9.10. The first kappa shape index (κ1) is 10.5. The number of aromatic nitrogens is 1. The van der Waals surface area contributed by atoms with Gasteiger partial charge in [-0.3, -0.25) is 0 Å². The lowest BCUT2D eigenvalue weighted by Gasteiger charge is -2.06. The lowest BCUT2D eigenvalue weighted by Crippen LogP contribution is -1.87. The Kier molecular flexibility index (Phi) is 2.98. The third-order valence-electron chi connectivity index (χ3n) is 1.90. The van der Waals surface area contributed by atoms with Crippen molar-refractivity contribution in [2.24, 2.45) is 0 Å². The Morgan fingerprint density at radius 3 is 2.87 bits per heavy atom. The highest BCUT2D eigenvalue weighted by Gasteiger charge is 2.12. The molecule has 2 rings (SSSR count). The van der Waals surface area contributed by atoms with Gasteiger partial charge in [-0.1, -0.05) is 11.6 Å². The van der Waals surface area contributed by atoms with Gasteiger partial charge in [0.2, 0.25) is 5.89 Å². The standard InChI is InChI=1S/C10H7BrClNO2/c1-14-9-4-6(7(11)5-8(9)12)10-13-2-3-15-10/h2-5H,1H3. The summed E-state index contributed by atoms with van der Waals surface area (Å²) in [6, 6.07) is 3.53. The zero-order valence-corrected chi connectivity index (χ0v) is 10.2. The molecule has 0 saturated carbocycles. The van der Waals surface area contributed by atoms with E-state index in [0.717, 1.165) is 10.0 Å². The van der Waals surface area contributed by atoms with Crippen LogP contribution in [0.15, 0.2) is 33.5 Å². The number of methoxy groups -OCH3 is 1. The molecule has 3 nitrogen and oxygen atoms in total. The van der Waals surface area contributed by atoms with Crippen LogP contribution in [0.25, 0.3) is 11.5 Å². The van der Waals surface area contributed by atoms with Crippen LogP contribution >= 0.6 is 27.5 Å². The van der Waals surface area contributed by atoms with Gasteiger partial charge in [-0.2, -0.15) is 0 Å². The van der Waals surface area contributed by atoms with Crippen molar-refractivity contribution < 1.29 is 9.15 Å². The van der Waals surface area contributed by atoms with Crippen LogP contribution in [0.5, 0.6) is 5.75 Å². The molecule has 0 unspecified atom stereocenters. The van der Waals surface area contributed by atoms with Crippen molar-refractivity contribution in [2.45, 2.75) is 0 Å². The lowest BCUT2D eigenvalue weighted by atomic mass is 10.2. The molecule has 1 aromatic carbocycles. The molecule has 0 saturated heterocycles. The maximum absolute atomic E-state index is 5.96. The topological polar surface area (TPSA) is 35.3 Å². The molecular weight excluding hydrogens is 281 g/mol. The molecule has 0 amide bonds. The average Bonchev–Trinajstić information content (AvgIpc) is 2.71. The van der Waals surface area contributed by atoms with Crippen molar-refractivity contribution in [3.63, 3.8) is 0 Å². The van der Waals surface area contributed by atoms with Crippen LogP contribution in [0, 0.1) is 0 Å². The number of rotatable bonds is 2. The van der Waals surface area contributed by atoms with Gasteiger partial charge in [0.05, 0.1) is 23.9 Å². The number of hydrogen-bond acceptors (Lipinski definition) is 3. The van der Waals surface area contributed by atoms with Gasteiger partial charge in [0, 0.05) is 4.47 Å². The van der Waals surface area contributed by atoms with Crippen molar-refractivity contribution in [3.05, 3.63) is 34.1 Å². The van der Waals surface area contributed by atoms with Crippen LogP contribution in [0.4, 0.5) is 0 Å². The summed E-state index contributed by atoms with van der Waals surface area (Å²) >= 11 is 9.35. The van der Waals surface area contributed by atoms with Gasteiger partial charge >= 0.3 is 0 Å². The van der Waals surface area contributed by atoms with E-state index >= 15 is 0 Å². The van der Waals surface area contributed by atoms with Crippen LogP contribution < -0.4 is 4.74 Å². The number of oxazole rings is 1. The maximum Gasteiger partial charge on any atom is 0.227 e. The van der Waals surface area contributed by atoms with E-state index in [1.807, 2.05) is 0 Å². The zero-order chi connectivity index (χ0) is 10.8. The fraction of sp³-hybridized carbons (Fsp3) is 0.100. The molecule has 15 heavy (non-hydrogen) atoms. The Morgan fingerprint density at radius 1 is 1.47 bits per heavy atom. The van der Waals surface area contributed by atoms with Crippen LogP contribution in [-0.2, 0) is 0 Å². The maximum atomic E-state index is 5.96. The number of benzene rings is 1. The van der Waals surface area contributed by atoms with Gasteiger partial charge in [-0.15, -0.1) is 0 Å². The molecule has 0 aliphatic rings. The fourth-order valence-corrected chi connectivity index (χ4v) is 2.09. The van der Waals surface area contributed by atoms with Gasteiger partial charge in [0.15, 0.2) is 0 Å². The van der Waals surface area contributed by atoms with E-state index in [0.29, 0.717) is 16.7 Å². The average molecular weight is 289 g/mol. The Labute approximate surface area is 100 Å². The van der Waals surface area contributed by atoms with Crippen molar-refractivity contribution in [1.82, 2.24) is 4.98 Å². The monoisotopic (exact) mass is 287 g/mol. The summed E-state index contributed by atoms with van der Waals surface area (Å²) in [5.74, 6) is 1.12. The lowest BCUT2D eigenvalue weighted by molar-refractivity contribution is 0.415. The molecule has 0 N–H and O–H groups in total. The molecule has 0 bridgehead atoms. The summed E-state index contributed by atoms with van der Waals surface area (Å²) in [5.41, 5.74) is 0.807. The van der Waals surface area contributed by atoms with Gasteiger partial charge < -0.3 is 9.15 Å². The van der Waals surface area contributed by atoms with E-state index in [4.69, 9.17) is 20.8 Å². The first-order valence-electron chi connectivity index (χ1n) is 4.15. The molecule has 0 aliphatic carbocycles. The molecule has 0 radical (unpaired) electrons. The van der Waals surface area contributed by atoms with E-state index in [1.54, 1.807) is 25.4 Å². The van der Waals surface area contributed by atoms with E-state index in [1.165, 1.54) is 6.26 Å². The predicted molar refractivity (Wildman–Crippen MR) is 61.2 cm³/mol. The van der Waals surface area contributed by atoms with Crippen LogP contribution in [-0.4, -0.2) is 12.1 Å². The highest BCUT2D eigenvalue weighted by atomic mass is 79.9. The molecule has 5 heteroatoms. The van der Waals surface area contributed by atoms with Gasteiger partial charge in [0.25, 0.3) is 0 Å². The summed E-state index contributed by atoms with van der Waals surface area (Å²) in [7, 11) is 1.56. The Morgan fingerprint density at radius 2 is 2.27 bits per heavy atom. The van der Waals surface area contributed by atoms with Gasteiger partial charge in [-0.25, -0.2) is 4.98 Å². The summed E-state index contributed by atoms with van der Waals surface area (Å²) < 4.78 is 11.1. The van der Waals surface area contributed by atoms with E-state index < -0.39 is 0 Å². The largest absolute Gasteiger partial charge is 0.495 e. The second-order valence-electron chi connectivity index (χ2n) is 2.80. The molecule has 0 fully saturated rings. The molecule has 2 aromatic rings. The molecule has 0 atom stereocenters. The summed E-state index contributed by atoms with van der Waals surface area (Å²) in [4.78, 5) is 4.06. The zero-order valence-electron chi connectivity index (χ0n) is 7.83. The second kappa shape index (κ2) is 4.24. The highest BCUT2D eigenvalue weighted by Crippen LogP contribution is 2.36. The van der Waals surface area contributed by atoms with Crippen LogP contribution in [0.2, 0.25) is 5.02 Å². The normalized spacial score (nSPS) is 10.3. The Balaban J connectivity index is 2.57. The van der Waals surface area contributed by atoms with Crippen LogP contribution in [0.1, 0.15) is 0 Å². The third kappa shape index (κ3) is 2.01. The minimum atomic E-state index is 0.525. The molecule has 0 spiro atoms. The molecule has 78 valence electrons. The minimum absolute atomic E-state index is 0.525. The molecule has 1 aromatic heterocycles. The summed E-state index contributed by atoms with van der Waals surface area (Å²) in [6.07, 6.45) is 3.10. The smallest absolute Gasteiger partial charge is 0.227 e. The van der Waals surface area contributed by atoms with E-state index in [9.17, 15) is 0 Å². The summed E-state index contributed by atoms with van der Waals surface area (Å²) in [5, 5.41) is 0.541. The number of ether oxygens (including phenoxy) is 1. The number of hydrogen-bond donors (Lipinski definition) is 0. The SMILES string of the molecule is COc1cc(-c2ncco2)c(Br)cc1Cl. The van der Waals surface area contributed by atoms with Gasteiger partial charge in [0.1, 0.15) is 12.0 Å². The van der Waals surface area contributed by atoms with Crippen molar-refractivity contribution >= 4 is 27.5 Å². The fourth-order valence-electron chi connectivity index (χ4n) is 1.21.